The number of rotatable bonds is 5. The standard InChI is InChI=1S/C16H26N2O/c1-2-16(19)9-14-8-15(17)12-18(11-14)10-13-6-4-3-5-7-13/h3-7,14-16,19H,2,8-12,17H2,1H3. The maximum Gasteiger partial charge on any atom is 0.0540 e. The Morgan fingerprint density at radius 3 is 2.74 bits per heavy atom. The number of piperidine rings is 1. The molecule has 0 aliphatic carbocycles. The van der Waals surface area contributed by atoms with Gasteiger partial charge in [0.25, 0.3) is 0 Å². The number of likely N-dealkylation sites (tertiary alicyclic amines) is 1. The van der Waals surface area contributed by atoms with Crippen LogP contribution in [-0.2, 0) is 6.54 Å². The Balaban J connectivity index is 1.90. The van der Waals surface area contributed by atoms with Gasteiger partial charge in [-0.1, -0.05) is 37.3 Å². The van der Waals surface area contributed by atoms with E-state index in [9.17, 15) is 5.11 Å². The van der Waals surface area contributed by atoms with Gasteiger partial charge in [-0.3, -0.25) is 4.90 Å². The van der Waals surface area contributed by atoms with Crippen LogP contribution in [0.1, 0.15) is 31.7 Å². The lowest BCUT2D eigenvalue weighted by atomic mass is 9.89. The largest absolute Gasteiger partial charge is 0.393 e. The molecule has 3 unspecified atom stereocenters. The smallest absolute Gasteiger partial charge is 0.0540 e. The van der Waals surface area contributed by atoms with Crippen LogP contribution < -0.4 is 5.73 Å². The molecule has 3 N–H and O–H groups in total. The van der Waals surface area contributed by atoms with Crippen molar-refractivity contribution < 1.29 is 5.11 Å². The highest BCUT2D eigenvalue weighted by Crippen LogP contribution is 2.22. The van der Waals surface area contributed by atoms with E-state index in [1.54, 1.807) is 0 Å². The fraction of sp³-hybridized carbons (Fsp3) is 0.625. The Morgan fingerprint density at radius 1 is 1.32 bits per heavy atom. The average molecular weight is 262 g/mol. The zero-order valence-electron chi connectivity index (χ0n) is 11.8. The summed E-state index contributed by atoms with van der Waals surface area (Å²) in [6.07, 6.45) is 2.59. The van der Waals surface area contributed by atoms with Gasteiger partial charge >= 0.3 is 0 Å². The van der Waals surface area contributed by atoms with Crippen molar-refractivity contribution in [2.45, 2.75) is 44.9 Å². The maximum absolute atomic E-state index is 9.81. The molecule has 0 saturated carbocycles. The number of aliphatic hydroxyl groups excluding tert-OH is 1. The highest BCUT2D eigenvalue weighted by molar-refractivity contribution is 5.14. The van der Waals surface area contributed by atoms with Gasteiger partial charge in [0, 0.05) is 25.7 Å². The van der Waals surface area contributed by atoms with E-state index in [4.69, 9.17) is 5.73 Å². The summed E-state index contributed by atoms with van der Waals surface area (Å²) >= 11 is 0. The van der Waals surface area contributed by atoms with Crippen LogP contribution >= 0.6 is 0 Å². The molecule has 2 rings (SSSR count). The summed E-state index contributed by atoms with van der Waals surface area (Å²) < 4.78 is 0. The van der Waals surface area contributed by atoms with Crippen molar-refractivity contribution in [3.63, 3.8) is 0 Å². The summed E-state index contributed by atoms with van der Waals surface area (Å²) in [6.45, 7) is 5.02. The molecule has 1 aliphatic heterocycles. The van der Waals surface area contributed by atoms with Gasteiger partial charge in [0.15, 0.2) is 0 Å². The monoisotopic (exact) mass is 262 g/mol. The third kappa shape index (κ3) is 4.60. The van der Waals surface area contributed by atoms with Gasteiger partial charge in [0.2, 0.25) is 0 Å². The minimum atomic E-state index is -0.172. The van der Waals surface area contributed by atoms with Crippen molar-refractivity contribution in [3.8, 4) is 0 Å². The summed E-state index contributed by atoms with van der Waals surface area (Å²) in [5.74, 6) is 0.530. The third-order valence-corrected chi connectivity index (χ3v) is 3.97. The molecule has 3 heteroatoms. The molecule has 3 nitrogen and oxygen atoms in total. The van der Waals surface area contributed by atoms with Crippen molar-refractivity contribution >= 4 is 0 Å². The van der Waals surface area contributed by atoms with Crippen LogP contribution in [0.25, 0.3) is 0 Å². The summed E-state index contributed by atoms with van der Waals surface area (Å²) in [5, 5.41) is 9.81. The van der Waals surface area contributed by atoms with E-state index in [0.717, 1.165) is 38.9 Å². The Morgan fingerprint density at radius 2 is 2.05 bits per heavy atom. The highest BCUT2D eigenvalue weighted by atomic mass is 16.3. The first-order valence-electron chi connectivity index (χ1n) is 7.37. The second kappa shape index (κ2) is 7.04. The molecule has 1 aromatic rings. The molecule has 106 valence electrons. The molecule has 1 heterocycles. The van der Waals surface area contributed by atoms with Crippen LogP contribution in [0.5, 0.6) is 0 Å². The lowest BCUT2D eigenvalue weighted by Crippen LogP contribution is -2.47. The summed E-state index contributed by atoms with van der Waals surface area (Å²) in [6, 6.07) is 10.8. The Kier molecular flexibility index (Phi) is 5.37. The molecule has 1 saturated heterocycles. The molecule has 1 aliphatic rings. The number of nitrogens with two attached hydrogens (primary N) is 1. The van der Waals surface area contributed by atoms with Crippen LogP contribution in [0.3, 0.4) is 0 Å². The first-order valence-corrected chi connectivity index (χ1v) is 7.37. The topological polar surface area (TPSA) is 49.5 Å². The number of nitrogens with zero attached hydrogens (tertiary/aromatic N) is 1. The first kappa shape index (κ1) is 14.5. The van der Waals surface area contributed by atoms with E-state index in [1.165, 1.54) is 5.56 Å². The number of benzene rings is 1. The van der Waals surface area contributed by atoms with Crippen LogP contribution in [0.15, 0.2) is 30.3 Å². The Labute approximate surface area is 116 Å². The normalized spacial score (nSPS) is 26.3. The highest BCUT2D eigenvalue weighted by Gasteiger charge is 2.26. The zero-order chi connectivity index (χ0) is 13.7. The number of hydrogen-bond donors (Lipinski definition) is 2. The first-order chi connectivity index (χ1) is 9.17. The molecular formula is C16H26N2O. The van der Waals surface area contributed by atoms with Gasteiger partial charge in [0.05, 0.1) is 6.10 Å². The van der Waals surface area contributed by atoms with E-state index < -0.39 is 0 Å². The quantitative estimate of drug-likeness (QED) is 0.853. The van der Waals surface area contributed by atoms with Gasteiger partial charge in [-0.2, -0.15) is 0 Å². The molecule has 0 bridgehead atoms. The second-order valence-electron chi connectivity index (χ2n) is 5.84. The lowest BCUT2D eigenvalue weighted by Gasteiger charge is -2.37. The van der Waals surface area contributed by atoms with Crippen molar-refractivity contribution in [1.82, 2.24) is 4.90 Å². The molecule has 1 fully saturated rings. The van der Waals surface area contributed by atoms with Gasteiger partial charge in [0.1, 0.15) is 0 Å². The fourth-order valence-electron chi connectivity index (χ4n) is 3.04. The third-order valence-electron chi connectivity index (χ3n) is 3.97. The Bertz CT molecular complexity index is 368. The molecule has 0 amide bonds. The van der Waals surface area contributed by atoms with Gasteiger partial charge in [-0.15, -0.1) is 0 Å². The SMILES string of the molecule is CCC(O)CC1CC(N)CN(Cc2ccccc2)C1. The van der Waals surface area contributed by atoms with E-state index in [2.05, 4.69) is 29.2 Å². The zero-order valence-corrected chi connectivity index (χ0v) is 11.8. The molecule has 0 radical (unpaired) electrons. The molecule has 0 spiro atoms. The molecule has 0 aromatic heterocycles. The van der Waals surface area contributed by atoms with E-state index in [-0.39, 0.29) is 12.1 Å². The molecule has 3 atom stereocenters. The predicted molar refractivity (Wildman–Crippen MR) is 78.7 cm³/mol. The number of hydrogen-bond acceptors (Lipinski definition) is 3. The van der Waals surface area contributed by atoms with Crippen LogP contribution in [0, 0.1) is 5.92 Å². The molecular weight excluding hydrogens is 236 g/mol. The van der Waals surface area contributed by atoms with E-state index >= 15 is 0 Å². The van der Waals surface area contributed by atoms with Crippen LogP contribution in [0.4, 0.5) is 0 Å². The van der Waals surface area contributed by atoms with Crippen molar-refractivity contribution in [2.75, 3.05) is 13.1 Å². The summed E-state index contributed by atoms with van der Waals surface area (Å²) in [4.78, 5) is 2.43. The summed E-state index contributed by atoms with van der Waals surface area (Å²) in [7, 11) is 0. The lowest BCUT2D eigenvalue weighted by molar-refractivity contribution is 0.0876. The van der Waals surface area contributed by atoms with Gasteiger partial charge < -0.3 is 10.8 Å². The van der Waals surface area contributed by atoms with E-state index in [1.807, 2.05) is 13.0 Å². The molecule has 1 aromatic carbocycles. The van der Waals surface area contributed by atoms with Crippen molar-refractivity contribution in [1.29, 1.82) is 0 Å². The van der Waals surface area contributed by atoms with Gasteiger partial charge in [-0.25, -0.2) is 0 Å². The van der Waals surface area contributed by atoms with E-state index in [0.29, 0.717) is 5.92 Å². The maximum atomic E-state index is 9.81. The fourth-order valence-corrected chi connectivity index (χ4v) is 3.04. The molecule has 19 heavy (non-hydrogen) atoms. The predicted octanol–water partition coefficient (Wildman–Crippen LogP) is 2.00. The van der Waals surface area contributed by atoms with Crippen molar-refractivity contribution in [3.05, 3.63) is 35.9 Å². The number of aliphatic hydroxyl groups is 1. The summed E-state index contributed by atoms with van der Waals surface area (Å²) in [5.41, 5.74) is 7.50. The van der Waals surface area contributed by atoms with Crippen LogP contribution in [-0.4, -0.2) is 35.2 Å². The van der Waals surface area contributed by atoms with Gasteiger partial charge in [-0.05, 0) is 30.7 Å². The second-order valence-corrected chi connectivity index (χ2v) is 5.84. The van der Waals surface area contributed by atoms with Crippen LogP contribution in [0.2, 0.25) is 0 Å². The average Bonchev–Trinajstić information content (AvgIpc) is 2.39. The Hall–Kier alpha value is -0.900. The minimum Gasteiger partial charge on any atom is -0.393 e. The minimum absolute atomic E-state index is 0.172. The van der Waals surface area contributed by atoms with Crippen molar-refractivity contribution in [2.24, 2.45) is 11.7 Å².